The molecule has 1 rings (SSSR count). The van der Waals surface area contributed by atoms with Crippen LogP contribution < -0.4 is 5.32 Å². The molecule has 84 valence electrons. The largest absolute Gasteiger partial charge is 0.395 e. The highest BCUT2D eigenvalue weighted by molar-refractivity contribution is 4.76. The molecule has 1 atom stereocenters. The SMILES string of the molecule is CCCCC(CO)NC1CCCCC1. The second-order valence-corrected chi connectivity index (χ2v) is 4.52. The minimum Gasteiger partial charge on any atom is -0.395 e. The third-order valence-electron chi connectivity index (χ3n) is 3.20. The molecule has 0 bridgehead atoms. The molecular formula is C12H25NO. The minimum absolute atomic E-state index is 0.302. The zero-order valence-electron chi connectivity index (χ0n) is 9.47. The molecule has 1 aliphatic rings. The zero-order valence-corrected chi connectivity index (χ0v) is 9.47. The predicted molar refractivity (Wildman–Crippen MR) is 60.4 cm³/mol. The maximum absolute atomic E-state index is 9.22. The molecule has 1 fully saturated rings. The Hall–Kier alpha value is -0.0800. The summed E-state index contributed by atoms with van der Waals surface area (Å²) >= 11 is 0. The number of nitrogens with one attached hydrogen (secondary N) is 1. The Morgan fingerprint density at radius 3 is 2.57 bits per heavy atom. The molecule has 1 unspecified atom stereocenters. The first-order valence-corrected chi connectivity index (χ1v) is 6.23. The number of aliphatic hydroxyl groups excluding tert-OH is 1. The lowest BCUT2D eigenvalue weighted by Crippen LogP contribution is -2.41. The van der Waals surface area contributed by atoms with E-state index in [-0.39, 0.29) is 0 Å². The average Bonchev–Trinajstić information content (AvgIpc) is 2.25. The van der Waals surface area contributed by atoms with E-state index in [4.69, 9.17) is 0 Å². The van der Waals surface area contributed by atoms with Gasteiger partial charge in [-0.15, -0.1) is 0 Å². The maximum Gasteiger partial charge on any atom is 0.0584 e. The van der Waals surface area contributed by atoms with Crippen LogP contribution in [-0.2, 0) is 0 Å². The Morgan fingerprint density at radius 2 is 2.00 bits per heavy atom. The third-order valence-corrected chi connectivity index (χ3v) is 3.20. The van der Waals surface area contributed by atoms with Crippen molar-refractivity contribution in [3.05, 3.63) is 0 Å². The van der Waals surface area contributed by atoms with Crippen LogP contribution in [0, 0.1) is 0 Å². The van der Waals surface area contributed by atoms with Crippen molar-refractivity contribution >= 4 is 0 Å². The van der Waals surface area contributed by atoms with Gasteiger partial charge >= 0.3 is 0 Å². The van der Waals surface area contributed by atoms with Gasteiger partial charge in [0, 0.05) is 12.1 Å². The van der Waals surface area contributed by atoms with Crippen molar-refractivity contribution < 1.29 is 5.11 Å². The van der Waals surface area contributed by atoms with E-state index in [0.717, 1.165) is 6.42 Å². The van der Waals surface area contributed by atoms with E-state index in [1.807, 2.05) is 0 Å². The van der Waals surface area contributed by atoms with Gasteiger partial charge in [-0.2, -0.15) is 0 Å². The smallest absolute Gasteiger partial charge is 0.0584 e. The number of hydrogen-bond donors (Lipinski definition) is 2. The van der Waals surface area contributed by atoms with Crippen molar-refractivity contribution in [2.75, 3.05) is 6.61 Å². The Morgan fingerprint density at radius 1 is 1.29 bits per heavy atom. The van der Waals surface area contributed by atoms with Crippen molar-refractivity contribution in [3.8, 4) is 0 Å². The third kappa shape index (κ3) is 4.43. The van der Waals surface area contributed by atoms with Crippen LogP contribution in [0.3, 0.4) is 0 Å². The van der Waals surface area contributed by atoms with Crippen LogP contribution in [-0.4, -0.2) is 23.8 Å². The Kier molecular flexibility index (Phi) is 6.20. The molecule has 2 nitrogen and oxygen atoms in total. The van der Waals surface area contributed by atoms with Gasteiger partial charge in [-0.05, 0) is 19.3 Å². The number of unbranched alkanes of at least 4 members (excludes halogenated alkanes) is 1. The van der Waals surface area contributed by atoms with E-state index < -0.39 is 0 Å². The van der Waals surface area contributed by atoms with Crippen LogP contribution in [0.15, 0.2) is 0 Å². The summed E-state index contributed by atoms with van der Waals surface area (Å²) in [5.41, 5.74) is 0. The van der Waals surface area contributed by atoms with Gasteiger partial charge in [0.25, 0.3) is 0 Å². The standard InChI is InChI=1S/C12H25NO/c1-2-3-7-12(10-14)13-11-8-5-4-6-9-11/h11-14H,2-10H2,1H3. The predicted octanol–water partition coefficient (Wildman–Crippen LogP) is 2.46. The van der Waals surface area contributed by atoms with E-state index in [1.165, 1.54) is 44.9 Å². The summed E-state index contributed by atoms with van der Waals surface area (Å²) in [6, 6.07) is 1.02. The number of hydrogen-bond acceptors (Lipinski definition) is 2. The van der Waals surface area contributed by atoms with E-state index in [2.05, 4.69) is 12.2 Å². The normalized spacial score (nSPS) is 21.0. The first-order chi connectivity index (χ1) is 6.86. The second kappa shape index (κ2) is 7.24. The highest BCUT2D eigenvalue weighted by Gasteiger charge is 2.16. The van der Waals surface area contributed by atoms with Gasteiger partial charge in [0.1, 0.15) is 0 Å². The molecule has 0 spiro atoms. The molecule has 0 heterocycles. The molecule has 1 aliphatic carbocycles. The molecule has 0 aromatic rings. The van der Waals surface area contributed by atoms with Gasteiger partial charge in [0.15, 0.2) is 0 Å². The lowest BCUT2D eigenvalue weighted by molar-refractivity contribution is 0.210. The molecule has 0 radical (unpaired) electrons. The molecule has 14 heavy (non-hydrogen) atoms. The van der Waals surface area contributed by atoms with E-state index in [0.29, 0.717) is 18.7 Å². The van der Waals surface area contributed by atoms with E-state index >= 15 is 0 Å². The monoisotopic (exact) mass is 199 g/mol. The first-order valence-electron chi connectivity index (χ1n) is 6.23. The molecule has 0 aliphatic heterocycles. The molecule has 2 heteroatoms. The summed E-state index contributed by atoms with van der Waals surface area (Å²) in [5.74, 6) is 0. The van der Waals surface area contributed by atoms with Crippen LogP contribution in [0.2, 0.25) is 0 Å². The highest BCUT2D eigenvalue weighted by atomic mass is 16.3. The van der Waals surface area contributed by atoms with Gasteiger partial charge in [0.2, 0.25) is 0 Å². The van der Waals surface area contributed by atoms with Crippen molar-refractivity contribution in [3.63, 3.8) is 0 Å². The molecule has 0 aromatic heterocycles. The molecular weight excluding hydrogens is 174 g/mol. The number of aliphatic hydroxyl groups is 1. The molecule has 2 N–H and O–H groups in total. The van der Waals surface area contributed by atoms with Crippen LogP contribution in [0.25, 0.3) is 0 Å². The molecule has 0 amide bonds. The molecule has 0 saturated heterocycles. The van der Waals surface area contributed by atoms with Crippen LogP contribution in [0.4, 0.5) is 0 Å². The van der Waals surface area contributed by atoms with Crippen molar-refractivity contribution in [1.82, 2.24) is 5.32 Å². The van der Waals surface area contributed by atoms with Crippen LogP contribution >= 0.6 is 0 Å². The fourth-order valence-corrected chi connectivity index (χ4v) is 2.28. The van der Waals surface area contributed by atoms with Gasteiger partial charge in [-0.25, -0.2) is 0 Å². The van der Waals surface area contributed by atoms with Crippen molar-refractivity contribution in [1.29, 1.82) is 0 Å². The summed E-state index contributed by atoms with van der Waals surface area (Å²) in [7, 11) is 0. The summed E-state index contributed by atoms with van der Waals surface area (Å²) in [6.07, 6.45) is 10.3. The fourth-order valence-electron chi connectivity index (χ4n) is 2.28. The quantitative estimate of drug-likeness (QED) is 0.688. The van der Waals surface area contributed by atoms with Gasteiger partial charge in [-0.1, -0.05) is 39.0 Å². The zero-order chi connectivity index (χ0) is 10.2. The molecule has 0 aromatic carbocycles. The minimum atomic E-state index is 0.302. The van der Waals surface area contributed by atoms with E-state index in [9.17, 15) is 5.11 Å². The van der Waals surface area contributed by atoms with Crippen LogP contribution in [0.5, 0.6) is 0 Å². The summed E-state index contributed by atoms with van der Waals surface area (Å²) < 4.78 is 0. The van der Waals surface area contributed by atoms with Gasteiger partial charge < -0.3 is 10.4 Å². The Bertz CT molecular complexity index is 132. The summed E-state index contributed by atoms with van der Waals surface area (Å²) in [4.78, 5) is 0. The lowest BCUT2D eigenvalue weighted by Gasteiger charge is -2.27. The Labute approximate surface area is 88.1 Å². The molecule has 1 saturated carbocycles. The van der Waals surface area contributed by atoms with Crippen LogP contribution in [0.1, 0.15) is 58.3 Å². The summed E-state index contributed by atoms with van der Waals surface area (Å²) in [5, 5.41) is 12.8. The second-order valence-electron chi connectivity index (χ2n) is 4.52. The van der Waals surface area contributed by atoms with Gasteiger partial charge in [0.05, 0.1) is 6.61 Å². The van der Waals surface area contributed by atoms with Gasteiger partial charge in [-0.3, -0.25) is 0 Å². The fraction of sp³-hybridized carbons (Fsp3) is 1.00. The van der Waals surface area contributed by atoms with Crippen molar-refractivity contribution in [2.24, 2.45) is 0 Å². The maximum atomic E-state index is 9.22. The topological polar surface area (TPSA) is 32.3 Å². The summed E-state index contributed by atoms with van der Waals surface area (Å²) in [6.45, 7) is 2.51. The Balaban J connectivity index is 2.16. The van der Waals surface area contributed by atoms with E-state index in [1.54, 1.807) is 0 Å². The van der Waals surface area contributed by atoms with Crippen molar-refractivity contribution in [2.45, 2.75) is 70.4 Å². The lowest BCUT2D eigenvalue weighted by atomic mass is 9.94. The average molecular weight is 199 g/mol. The first kappa shape index (κ1) is 12.0. The number of rotatable bonds is 6. The highest BCUT2D eigenvalue weighted by Crippen LogP contribution is 2.18.